The Kier molecular flexibility index (Phi) is 5.19. The number of anilines is 1. The summed E-state index contributed by atoms with van der Waals surface area (Å²) in [6, 6.07) is 10.3. The fraction of sp³-hybridized carbons (Fsp3) is 0.133. The molecule has 0 radical (unpaired) electrons. The SMILES string of the molecule is CNC(=O)c1ccc(N(C)S(=O)(=O)c2ccc(Cl)cc2)cc1Cl. The van der Waals surface area contributed by atoms with Crippen molar-refractivity contribution in [1.82, 2.24) is 5.32 Å². The van der Waals surface area contributed by atoms with E-state index in [0.29, 0.717) is 10.7 Å². The van der Waals surface area contributed by atoms with Crippen molar-refractivity contribution in [3.05, 3.63) is 58.1 Å². The van der Waals surface area contributed by atoms with Gasteiger partial charge in [0.2, 0.25) is 0 Å². The van der Waals surface area contributed by atoms with Crippen LogP contribution in [0.15, 0.2) is 47.4 Å². The monoisotopic (exact) mass is 372 g/mol. The highest BCUT2D eigenvalue weighted by molar-refractivity contribution is 7.92. The minimum atomic E-state index is -3.75. The van der Waals surface area contributed by atoms with Gasteiger partial charge >= 0.3 is 0 Å². The molecule has 23 heavy (non-hydrogen) atoms. The molecule has 0 bridgehead atoms. The molecule has 0 aromatic heterocycles. The molecule has 0 heterocycles. The van der Waals surface area contributed by atoms with Crippen molar-refractivity contribution in [2.45, 2.75) is 4.90 Å². The Morgan fingerprint density at radius 2 is 1.70 bits per heavy atom. The third-order valence-electron chi connectivity index (χ3n) is 3.26. The number of carbonyl (C=O) groups is 1. The summed E-state index contributed by atoms with van der Waals surface area (Å²) in [5, 5.41) is 3.08. The number of sulfonamides is 1. The van der Waals surface area contributed by atoms with Crippen LogP contribution in [-0.4, -0.2) is 28.4 Å². The van der Waals surface area contributed by atoms with Gasteiger partial charge < -0.3 is 5.32 Å². The molecule has 0 fully saturated rings. The fourth-order valence-electron chi connectivity index (χ4n) is 1.92. The van der Waals surface area contributed by atoms with E-state index in [2.05, 4.69) is 5.32 Å². The molecule has 0 saturated carbocycles. The molecule has 2 rings (SSSR count). The predicted molar refractivity (Wildman–Crippen MR) is 91.9 cm³/mol. The first-order valence-corrected chi connectivity index (χ1v) is 8.73. The molecule has 2 aromatic rings. The molecule has 0 aliphatic rings. The predicted octanol–water partition coefficient (Wildman–Crippen LogP) is 3.18. The average Bonchev–Trinajstić information content (AvgIpc) is 2.53. The highest BCUT2D eigenvalue weighted by Gasteiger charge is 2.22. The first-order chi connectivity index (χ1) is 10.8. The average molecular weight is 373 g/mol. The first-order valence-electron chi connectivity index (χ1n) is 6.53. The van der Waals surface area contributed by atoms with Gasteiger partial charge in [0.25, 0.3) is 15.9 Å². The van der Waals surface area contributed by atoms with Crippen LogP contribution < -0.4 is 9.62 Å². The molecule has 0 aliphatic carbocycles. The molecule has 0 spiro atoms. The van der Waals surface area contributed by atoms with Gasteiger partial charge in [-0.05, 0) is 42.5 Å². The van der Waals surface area contributed by atoms with Crippen LogP contribution in [0.25, 0.3) is 0 Å². The van der Waals surface area contributed by atoms with E-state index < -0.39 is 10.0 Å². The summed E-state index contributed by atoms with van der Waals surface area (Å²) >= 11 is 11.8. The molecule has 0 unspecified atom stereocenters. The summed E-state index contributed by atoms with van der Waals surface area (Å²) in [5.41, 5.74) is 0.618. The van der Waals surface area contributed by atoms with Gasteiger partial charge in [-0.25, -0.2) is 8.42 Å². The van der Waals surface area contributed by atoms with Gasteiger partial charge in [0.1, 0.15) is 0 Å². The van der Waals surface area contributed by atoms with Crippen LogP contribution in [0.5, 0.6) is 0 Å². The van der Waals surface area contributed by atoms with Gasteiger partial charge in [-0.1, -0.05) is 23.2 Å². The van der Waals surface area contributed by atoms with Crippen LogP contribution in [0.2, 0.25) is 10.0 Å². The van der Waals surface area contributed by atoms with Crippen LogP contribution in [-0.2, 0) is 10.0 Å². The molecule has 122 valence electrons. The molecule has 1 amide bonds. The summed E-state index contributed by atoms with van der Waals surface area (Å²) in [4.78, 5) is 11.7. The van der Waals surface area contributed by atoms with E-state index in [1.807, 2.05) is 0 Å². The molecule has 0 aliphatic heterocycles. The van der Waals surface area contributed by atoms with E-state index in [1.165, 1.54) is 56.6 Å². The van der Waals surface area contributed by atoms with Crippen molar-refractivity contribution in [1.29, 1.82) is 0 Å². The van der Waals surface area contributed by atoms with Gasteiger partial charge in [0.15, 0.2) is 0 Å². The van der Waals surface area contributed by atoms with Crippen LogP contribution in [0.3, 0.4) is 0 Å². The Bertz CT molecular complexity index is 836. The Hall–Kier alpha value is -1.76. The third kappa shape index (κ3) is 3.60. The molecular formula is C15H14Cl2N2O3S. The van der Waals surface area contributed by atoms with Crippen LogP contribution in [0.4, 0.5) is 5.69 Å². The normalized spacial score (nSPS) is 11.1. The summed E-state index contributed by atoms with van der Waals surface area (Å²) in [7, 11) is -0.847. The standard InChI is InChI=1S/C15H14Cl2N2O3S/c1-18-15(20)13-8-5-11(9-14(13)17)19(2)23(21,22)12-6-3-10(16)4-7-12/h3-9H,1-2H3,(H,18,20). The second-order valence-electron chi connectivity index (χ2n) is 4.67. The number of nitrogens with one attached hydrogen (secondary N) is 1. The van der Waals surface area contributed by atoms with E-state index in [9.17, 15) is 13.2 Å². The van der Waals surface area contributed by atoms with Gasteiger partial charge in [-0.15, -0.1) is 0 Å². The van der Waals surface area contributed by atoms with Crippen molar-refractivity contribution in [2.75, 3.05) is 18.4 Å². The maximum absolute atomic E-state index is 12.6. The summed E-state index contributed by atoms with van der Waals surface area (Å²) < 4.78 is 26.3. The minimum absolute atomic E-state index is 0.107. The van der Waals surface area contributed by atoms with Crippen molar-refractivity contribution >= 4 is 44.8 Å². The number of nitrogens with zero attached hydrogens (tertiary/aromatic N) is 1. The van der Waals surface area contributed by atoms with E-state index in [4.69, 9.17) is 23.2 Å². The van der Waals surface area contributed by atoms with Crippen molar-refractivity contribution in [3.63, 3.8) is 0 Å². The van der Waals surface area contributed by atoms with Crippen molar-refractivity contribution < 1.29 is 13.2 Å². The molecule has 0 saturated heterocycles. The second-order valence-corrected chi connectivity index (χ2v) is 7.48. The lowest BCUT2D eigenvalue weighted by Gasteiger charge is -2.20. The van der Waals surface area contributed by atoms with Crippen LogP contribution in [0.1, 0.15) is 10.4 Å². The lowest BCUT2D eigenvalue weighted by molar-refractivity contribution is 0.0963. The van der Waals surface area contributed by atoms with Crippen molar-refractivity contribution in [3.8, 4) is 0 Å². The van der Waals surface area contributed by atoms with E-state index >= 15 is 0 Å². The van der Waals surface area contributed by atoms with E-state index in [-0.39, 0.29) is 21.4 Å². The van der Waals surface area contributed by atoms with Crippen LogP contribution >= 0.6 is 23.2 Å². The minimum Gasteiger partial charge on any atom is -0.355 e. The Morgan fingerprint density at radius 1 is 1.09 bits per heavy atom. The van der Waals surface area contributed by atoms with Gasteiger partial charge in [-0.2, -0.15) is 0 Å². The third-order valence-corrected chi connectivity index (χ3v) is 5.62. The van der Waals surface area contributed by atoms with Gasteiger partial charge in [0, 0.05) is 19.1 Å². The summed E-state index contributed by atoms with van der Waals surface area (Å²) in [5.74, 6) is -0.343. The Balaban J connectivity index is 2.40. The van der Waals surface area contributed by atoms with Crippen LogP contribution in [0, 0.1) is 0 Å². The number of benzene rings is 2. The van der Waals surface area contributed by atoms with E-state index in [1.54, 1.807) is 0 Å². The highest BCUT2D eigenvalue weighted by Crippen LogP contribution is 2.27. The van der Waals surface area contributed by atoms with E-state index in [0.717, 1.165) is 4.31 Å². The summed E-state index contributed by atoms with van der Waals surface area (Å²) in [6.45, 7) is 0. The molecule has 8 heteroatoms. The second kappa shape index (κ2) is 6.78. The molecule has 0 atom stereocenters. The largest absolute Gasteiger partial charge is 0.355 e. The van der Waals surface area contributed by atoms with Gasteiger partial charge in [0.05, 0.1) is 21.2 Å². The summed E-state index contributed by atoms with van der Waals surface area (Å²) in [6.07, 6.45) is 0. The Labute approximate surface area is 144 Å². The molecule has 5 nitrogen and oxygen atoms in total. The first kappa shape index (κ1) is 17.6. The topological polar surface area (TPSA) is 66.5 Å². The Morgan fingerprint density at radius 3 is 2.22 bits per heavy atom. The van der Waals surface area contributed by atoms with Crippen molar-refractivity contribution in [2.24, 2.45) is 0 Å². The number of rotatable bonds is 4. The quantitative estimate of drug-likeness (QED) is 0.895. The number of hydrogen-bond donors (Lipinski definition) is 1. The number of carbonyl (C=O) groups excluding carboxylic acids is 1. The van der Waals surface area contributed by atoms with Gasteiger partial charge in [-0.3, -0.25) is 9.10 Å². The smallest absolute Gasteiger partial charge is 0.264 e. The maximum Gasteiger partial charge on any atom is 0.264 e. The zero-order chi connectivity index (χ0) is 17.2. The number of hydrogen-bond acceptors (Lipinski definition) is 3. The fourth-order valence-corrected chi connectivity index (χ4v) is 3.50. The lowest BCUT2D eigenvalue weighted by atomic mass is 10.2. The molecular weight excluding hydrogens is 359 g/mol. The lowest BCUT2D eigenvalue weighted by Crippen LogP contribution is -2.26. The number of halogens is 2. The zero-order valence-corrected chi connectivity index (χ0v) is 14.7. The highest BCUT2D eigenvalue weighted by atomic mass is 35.5. The number of amides is 1. The zero-order valence-electron chi connectivity index (χ0n) is 12.4. The maximum atomic E-state index is 12.6. The molecule has 1 N–H and O–H groups in total. The molecule has 2 aromatic carbocycles.